The lowest BCUT2D eigenvalue weighted by atomic mass is 10.0. The van der Waals surface area contributed by atoms with Gasteiger partial charge in [0.2, 0.25) is 0 Å². The monoisotopic (exact) mass is 428 g/mol. The van der Waals surface area contributed by atoms with Crippen LogP contribution in [0.5, 0.6) is 11.5 Å². The Labute approximate surface area is 183 Å². The van der Waals surface area contributed by atoms with Gasteiger partial charge >= 0.3 is 0 Å². The van der Waals surface area contributed by atoms with Gasteiger partial charge in [-0.2, -0.15) is 0 Å². The lowest BCUT2D eigenvalue weighted by Gasteiger charge is -2.22. The van der Waals surface area contributed by atoms with E-state index in [1.807, 2.05) is 27.7 Å². The van der Waals surface area contributed by atoms with Crippen LogP contribution in [0, 0.1) is 11.8 Å². The van der Waals surface area contributed by atoms with E-state index in [-0.39, 0.29) is 48.9 Å². The molecule has 0 fully saturated rings. The highest BCUT2D eigenvalue weighted by Crippen LogP contribution is 2.28. The van der Waals surface area contributed by atoms with Gasteiger partial charge < -0.3 is 25.6 Å². The number of carbonyl (C=O) groups is 2. The van der Waals surface area contributed by atoms with Gasteiger partial charge in [0.05, 0.1) is 36.4 Å². The summed E-state index contributed by atoms with van der Waals surface area (Å²) in [6, 6.07) is 12.7. The summed E-state index contributed by atoms with van der Waals surface area (Å²) in [5.74, 6) is -0.0267. The summed E-state index contributed by atoms with van der Waals surface area (Å²) in [5.41, 5.74) is 0.597. The zero-order valence-corrected chi connectivity index (χ0v) is 18.5. The second-order valence-electron chi connectivity index (χ2n) is 8.11. The van der Waals surface area contributed by atoms with Crippen LogP contribution in [0.2, 0.25) is 0 Å². The summed E-state index contributed by atoms with van der Waals surface area (Å²) in [6.07, 6.45) is 0. The number of hydrogen-bond acceptors (Lipinski definition) is 5. The van der Waals surface area contributed by atoms with Crippen molar-refractivity contribution in [3.63, 3.8) is 0 Å². The maximum atomic E-state index is 12.8. The molecule has 0 unspecified atom stereocenters. The van der Waals surface area contributed by atoms with Crippen molar-refractivity contribution in [2.75, 3.05) is 13.2 Å². The number of nitrogens with one attached hydrogen (secondary N) is 2. The fraction of sp³-hybridized carbons (Fsp3) is 0.417. The molecule has 7 nitrogen and oxygen atoms in total. The molecular weight excluding hydrogens is 396 g/mol. The van der Waals surface area contributed by atoms with E-state index in [0.717, 1.165) is 0 Å². The minimum absolute atomic E-state index is 0.0619. The normalized spacial score (nSPS) is 13.0. The number of amides is 2. The Kier molecular flexibility index (Phi) is 9.03. The lowest BCUT2D eigenvalue weighted by Crippen LogP contribution is -2.41. The molecule has 0 saturated heterocycles. The highest BCUT2D eigenvalue weighted by Gasteiger charge is 2.22. The summed E-state index contributed by atoms with van der Waals surface area (Å²) in [5, 5.41) is 24.7. The Bertz CT molecular complexity index is 810. The van der Waals surface area contributed by atoms with Crippen LogP contribution in [0.1, 0.15) is 48.4 Å². The first-order valence-electron chi connectivity index (χ1n) is 10.5. The SMILES string of the molecule is CC(C)[C@@H](CO)NC(=O)c1ccccc1Oc1ccccc1C(=O)N[C@H](CO)C(C)C. The van der Waals surface area contributed by atoms with Crippen molar-refractivity contribution in [3.8, 4) is 11.5 Å². The molecule has 168 valence electrons. The summed E-state index contributed by atoms with van der Waals surface area (Å²) >= 11 is 0. The van der Waals surface area contributed by atoms with E-state index in [9.17, 15) is 19.8 Å². The van der Waals surface area contributed by atoms with Crippen LogP contribution in [0.4, 0.5) is 0 Å². The summed E-state index contributed by atoms with van der Waals surface area (Å²) in [6.45, 7) is 7.31. The molecule has 2 rings (SSSR count). The zero-order chi connectivity index (χ0) is 23.0. The van der Waals surface area contributed by atoms with Crippen LogP contribution in [0.15, 0.2) is 48.5 Å². The van der Waals surface area contributed by atoms with Crippen LogP contribution in [0.25, 0.3) is 0 Å². The molecule has 2 aromatic carbocycles. The van der Waals surface area contributed by atoms with Gasteiger partial charge in [0.1, 0.15) is 11.5 Å². The van der Waals surface area contributed by atoms with Gasteiger partial charge in [0.15, 0.2) is 0 Å². The van der Waals surface area contributed by atoms with Gasteiger partial charge in [0, 0.05) is 0 Å². The average Bonchev–Trinajstić information content (AvgIpc) is 2.75. The number of benzene rings is 2. The number of rotatable bonds is 10. The van der Waals surface area contributed by atoms with Gasteiger partial charge in [0.25, 0.3) is 11.8 Å². The van der Waals surface area contributed by atoms with Crippen LogP contribution in [-0.4, -0.2) is 47.3 Å². The molecule has 0 heterocycles. The predicted molar refractivity (Wildman–Crippen MR) is 119 cm³/mol. The Morgan fingerprint density at radius 2 is 1.10 bits per heavy atom. The number of aliphatic hydroxyl groups is 2. The van der Waals surface area contributed by atoms with Crippen LogP contribution in [-0.2, 0) is 0 Å². The van der Waals surface area contributed by atoms with E-state index >= 15 is 0 Å². The third-order valence-electron chi connectivity index (χ3n) is 5.12. The maximum absolute atomic E-state index is 12.8. The van der Waals surface area contributed by atoms with Gasteiger partial charge in [-0.15, -0.1) is 0 Å². The van der Waals surface area contributed by atoms with Crippen molar-refractivity contribution in [3.05, 3.63) is 59.7 Å². The summed E-state index contributed by atoms with van der Waals surface area (Å²) in [7, 11) is 0. The molecule has 2 amide bonds. The average molecular weight is 429 g/mol. The molecule has 2 aromatic rings. The number of aliphatic hydroxyl groups excluding tert-OH is 2. The van der Waals surface area contributed by atoms with E-state index in [1.54, 1.807) is 48.5 Å². The largest absolute Gasteiger partial charge is 0.456 e. The highest BCUT2D eigenvalue weighted by molar-refractivity contribution is 5.98. The fourth-order valence-electron chi connectivity index (χ4n) is 2.94. The number of para-hydroxylation sites is 2. The third kappa shape index (κ3) is 6.54. The molecular formula is C24H32N2O5. The molecule has 0 spiro atoms. The van der Waals surface area contributed by atoms with Gasteiger partial charge in [-0.1, -0.05) is 52.0 Å². The van der Waals surface area contributed by atoms with Crippen molar-refractivity contribution in [2.45, 2.75) is 39.8 Å². The van der Waals surface area contributed by atoms with Crippen molar-refractivity contribution in [1.29, 1.82) is 0 Å². The Hall–Kier alpha value is -2.90. The number of ether oxygens (including phenoxy) is 1. The van der Waals surface area contributed by atoms with Gasteiger partial charge in [-0.25, -0.2) is 0 Å². The smallest absolute Gasteiger partial charge is 0.255 e. The predicted octanol–water partition coefficient (Wildman–Crippen LogP) is 2.97. The van der Waals surface area contributed by atoms with E-state index in [1.165, 1.54) is 0 Å². The second kappa shape index (κ2) is 11.5. The van der Waals surface area contributed by atoms with Crippen molar-refractivity contribution in [1.82, 2.24) is 10.6 Å². The molecule has 7 heteroatoms. The zero-order valence-electron chi connectivity index (χ0n) is 18.5. The van der Waals surface area contributed by atoms with E-state index < -0.39 is 0 Å². The van der Waals surface area contributed by atoms with E-state index in [0.29, 0.717) is 22.6 Å². The van der Waals surface area contributed by atoms with E-state index in [4.69, 9.17) is 4.74 Å². The quantitative estimate of drug-likeness (QED) is 0.465. The fourth-order valence-corrected chi connectivity index (χ4v) is 2.94. The van der Waals surface area contributed by atoms with Crippen molar-refractivity contribution >= 4 is 11.8 Å². The molecule has 4 N–H and O–H groups in total. The Morgan fingerprint density at radius 3 is 1.42 bits per heavy atom. The molecule has 0 aromatic heterocycles. The van der Waals surface area contributed by atoms with E-state index in [2.05, 4.69) is 10.6 Å². The maximum Gasteiger partial charge on any atom is 0.255 e. The Balaban J connectivity index is 2.28. The van der Waals surface area contributed by atoms with Crippen molar-refractivity contribution < 1.29 is 24.5 Å². The number of hydrogen-bond donors (Lipinski definition) is 4. The molecule has 0 aliphatic carbocycles. The molecule has 0 aliphatic rings. The first kappa shape index (κ1) is 24.4. The van der Waals surface area contributed by atoms with Crippen LogP contribution < -0.4 is 15.4 Å². The first-order chi connectivity index (χ1) is 14.8. The molecule has 0 radical (unpaired) electrons. The molecule has 0 aliphatic heterocycles. The lowest BCUT2D eigenvalue weighted by molar-refractivity contribution is 0.0891. The van der Waals surface area contributed by atoms with Crippen molar-refractivity contribution in [2.24, 2.45) is 11.8 Å². The molecule has 31 heavy (non-hydrogen) atoms. The minimum Gasteiger partial charge on any atom is -0.456 e. The first-order valence-corrected chi connectivity index (χ1v) is 10.5. The van der Waals surface area contributed by atoms with Crippen LogP contribution in [0.3, 0.4) is 0 Å². The summed E-state index contributed by atoms with van der Waals surface area (Å²) in [4.78, 5) is 25.6. The van der Waals surface area contributed by atoms with Crippen LogP contribution >= 0.6 is 0 Å². The Morgan fingerprint density at radius 1 is 0.742 bits per heavy atom. The number of carbonyl (C=O) groups excluding carboxylic acids is 2. The molecule has 0 bridgehead atoms. The highest BCUT2D eigenvalue weighted by atomic mass is 16.5. The summed E-state index contributed by atoms with van der Waals surface area (Å²) < 4.78 is 5.99. The topological polar surface area (TPSA) is 108 Å². The molecule has 2 atom stereocenters. The third-order valence-corrected chi connectivity index (χ3v) is 5.12. The second-order valence-corrected chi connectivity index (χ2v) is 8.11. The minimum atomic E-state index is -0.384. The van der Waals surface area contributed by atoms with Gasteiger partial charge in [-0.3, -0.25) is 9.59 Å². The standard InChI is InChI=1S/C24H32N2O5/c1-15(2)19(13-27)25-23(29)17-9-5-7-11-21(17)31-22-12-8-6-10-18(22)24(30)26-20(14-28)16(3)4/h5-12,15-16,19-20,27-28H,13-14H2,1-4H3,(H,25,29)(H,26,30)/t19-,20-/m1/s1. The molecule has 0 saturated carbocycles. The van der Waals surface area contributed by atoms with Gasteiger partial charge in [-0.05, 0) is 36.1 Å².